The molecular formula is C20H19Br2ClN2O4. The van der Waals surface area contributed by atoms with Gasteiger partial charge in [-0.25, -0.2) is 0 Å². The van der Waals surface area contributed by atoms with Crippen LogP contribution in [0, 0.1) is 0 Å². The third-order valence-electron chi connectivity index (χ3n) is 4.48. The first-order valence-corrected chi connectivity index (χ1v) is 11.0. The number of carbonyl (C=O) groups excluding carboxylic acids is 1. The molecule has 29 heavy (non-hydrogen) atoms. The smallest absolute Gasteiger partial charge is 0.322 e. The highest BCUT2D eigenvalue weighted by molar-refractivity contribution is 9.11. The Labute approximate surface area is 190 Å². The number of benzene rings is 2. The highest BCUT2D eigenvalue weighted by atomic mass is 79.9. The van der Waals surface area contributed by atoms with Crippen molar-refractivity contribution in [3.05, 3.63) is 55.4 Å². The van der Waals surface area contributed by atoms with Gasteiger partial charge in [-0.2, -0.15) is 0 Å². The molecule has 0 heterocycles. The lowest BCUT2D eigenvalue weighted by atomic mass is 9.93. The quantitative estimate of drug-likeness (QED) is 0.423. The summed E-state index contributed by atoms with van der Waals surface area (Å²) in [6.07, 6.45) is 3.59. The van der Waals surface area contributed by atoms with Crippen molar-refractivity contribution in [1.82, 2.24) is 5.32 Å². The van der Waals surface area contributed by atoms with Crippen molar-refractivity contribution in [2.45, 2.75) is 31.9 Å². The van der Waals surface area contributed by atoms with Crippen LogP contribution >= 0.6 is 43.5 Å². The molecule has 0 unspecified atom stereocenters. The van der Waals surface area contributed by atoms with Crippen molar-refractivity contribution >= 4 is 61.0 Å². The van der Waals surface area contributed by atoms with E-state index >= 15 is 0 Å². The van der Waals surface area contributed by atoms with Crippen LogP contribution in [0.1, 0.15) is 35.2 Å². The molecular weight excluding hydrogens is 527 g/mol. The van der Waals surface area contributed by atoms with Crippen LogP contribution in [0.2, 0.25) is 5.02 Å². The van der Waals surface area contributed by atoms with E-state index in [4.69, 9.17) is 21.4 Å². The molecule has 9 heteroatoms. The molecule has 0 atom stereocenters. The van der Waals surface area contributed by atoms with Gasteiger partial charge in [0.05, 0.1) is 8.95 Å². The summed E-state index contributed by atoms with van der Waals surface area (Å²) in [7, 11) is 0. The van der Waals surface area contributed by atoms with Gasteiger partial charge in [-0.1, -0.05) is 11.6 Å². The molecule has 0 radical (unpaired) electrons. The number of rotatable bonds is 8. The first-order chi connectivity index (χ1) is 13.8. The topological polar surface area (TPSA) is 87.7 Å². The number of carboxylic acids is 1. The normalized spacial score (nSPS) is 13.5. The van der Waals surface area contributed by atoms with Gasteiger partial charge in [0.25, 0.3) is 5.91 Å². The second kappa shape index (κ2) is 9.82. The van der Waals surface area contributed by atoms with E-state index in [2.05, 4.69) is 42.5 Å². The molecule has 2 aromatic carbocycles. The van der Waals surface area contributed by atoms with E-state index in [1.54, 1.807) is 12.1 Å². The molecule has 0 spiro atoms. The molecule has 3 N–H and O–H groups in total. The van der Waals surface area contributed by atoms with Gasteiger partial charge in [0.2, 0.25) is 0 Å². The maximum atomic E-state index is 12.1. The minimum Gasteiger partial charge on any atom is -0.487 e. The van der Waals surface area contributed by atoms with E-state index in [1.807, 2.05) is 18.2 Å². The summed E-state index contributed by atoms with van der Waals surface area (Å²) >= 11 is 13.1. The van der Waals surface area contributed by atoms with Gasteiger partial charge in [-0.15, -0.1) is 0 Å². The summed E-state index contributed by atoms with van der Waals surface area (Å²) < 4.78 is 7.08. The van der Waals surface area contributed by atoms with E-state index in [0.717, 1.165) is 11.3 Å². The second-order valence-electron chi connectivity index (χ2n) is 6.75. The zero-order valence-corrected chi connectivity index (χ0v) is 19.2. The lowest BCUT2D eigenvalue weighted by molar-refractivity contribution is -0.135. The molecule has 0 bridgehead atoms. The molecule has 0 saturated heterocycles. The second-order valence-corrected chi connectivity index (χ2v) is 8.90. The van der Waals surface area contributed by atoms with Crippen molar-refractivity contribution in [3.63, 3.8) is 0 Å². The van der Waals surface area contributed by atoms with Crippen molar-refractivity contribution in [2.75, 3.05) is 11.9 Å². The Bertz CT molecular complexity index is 912. The van der Waals surface area contributed by atoms with Crippen LogP contribution in [0.4, 0.5) is 5.69 Å². The Morgan fingerprint density at radius 3 is 2.41 bits per heavy atom. The zero-order valence-electron chi connectivity index (χ0n) is 15.3. The molecule has 1 aliphatic carbocycles. The molecule has 1 saturated carbocycles. The largest absolute Gasteiger partial charge is 0.487 e. The highest BCUT2D eigenvalue weighted by Crippen LogP contribution is 2.36. The van der Waals surface area contributed by atoms with Gasteiger partial charge in [-0.05, 0) is 87.0 Å². The Morgan fingerprint density at radius 2 is 1.83 bits per heavy atom. The number of halogens is 3. The third kappa shape index (κ3) is 6.10. The zero-order chi connectivity index (χ0) is 21.0. The SMILES string of the molecule is O=C(O)CNC(=O)c1cc(Br)c(OCc2cc(Cl)cc(NC3CCC3)c2)c(Br)c1. The predicted octanol–water partition coefficient (Wildman–Crippen LogP) is 5.22. The molecule has 3 rings (SSSR count). The van der Waals surface area contributed by atoms with Crippen LogP contribution in [0.15, 0.2) is 39.3 Å². The van der Waals surface area contributed by atoms with Crippen LogP contribution in [0.5, 0.6) is 5.75 Å². The standard InChI is InChI=1S/C20H19Br2ClN2O4/c21-16-6-12(20(28)24-9-18(26)27)7-17(22)19(16)29-10-11-4-13(23)8-15(5-11)25-14-2-1-3-14/h4-8,14,25H,1-3,9-10H2,(H,24,28)(H,26,27). The third-order valence-corrected chi connectivity index (χ3v) is 5.87. The number of hydrogen-bond acceptors (Lipinski definition) is 4. The summed E-state index contributed by atoms with van der Waals surface area (Å²) in [5.74, 6) is -1.06. The average molecular weight is 547 g/mol. The monoisotopic (exact) mass is 544 g/mol. The maximum Gasteiger partial charge on any atom is 0.322 e. The maximum absolute atomic E-state index is 12.1. The Balaban J connectivity index is 1.68. The van der Waals surface area contributed by atoms with Crippen LogP contribution in [-0.4, -0.2) is 29.6 Å². The molecule has 1 amide bonds. The summed E-state index contributed by atoms with van der Waals surface area (Å²) in [6.45, 7) is -0.153. The van der Waals surface area contributed by atoms with Gasteiger partial charge >= 0.3 is 5.97 Å². The molecule has 0 aromatic heterocycles. The fourth-order valence-corrected chi connectivity index (χ4v) is 4.52. The average Bonchev–Trinajstić information content (AvgIpc) is 2.61. The van der Waals surface area contributed by atoms with Crippen molar-refractivity contribution in [3.8, 4) is 5.75 Å². The highest BCUT2D eigenvalue weighted by Gasteiger charge is 2.18. The molecule has 154 valence electrons. The first kappa shape index (κ1) is 21.9. The summed E-state index contributed by atoms with van der Waals surface area (Å²) in [6, 6.07) is 9.44. The van der Waals surface area contributed by atoms with Gasteiger partial charge in [-0.3, -0.25) is 9.59 Å². The fraction of sp³-hybridized carbons (Fsp3) is 0.300. The first-order valence-electron chi connectivity index (χ1n) is 8.99. The minimum atomic E-state index is -1.11. The molecule has 1 fully saturated rings. The summed E-state index contributed by atoms with van der Waals surface area (Å²) in [5.41, 5.74) is 2.21. The van der Waals surface area contributed by atoms with Gasteiger partial charge in [0.1, 0.15) is 18.9 Å². The Morgan fingerprint density at radius 1 is 1.14 bits per heavy atom. The number of ether oxygens (including phenoxy) is 1. The van der Waals surface area contributed by atoms with E-state index in [-0.39, 0.29) is 0 Å². The summed E-state index contributed by atoms with van der Waals surface area (Å²) in [4.78, 5) is 22.7. The van der Waals surface area contributed by atoms with Crippen LogP contribution in [-0.2, 0) is 11.4 Å². The number of carboxylic acid groups (broad SMARTS) is 1. The van der Waals surface area contributed by atoms with E-state index in [1.165, 1.54) is 19.3 Å². The lowest BCUT2D eigenvalue weighted by Crippen LogP contribution is -2.29. The summed E-state index contributed by atoms with van der Waals surface area (Å²) in [5, 5.41) is 15.1. The Kier molecular flexibility index (Phi) is 7.43. The van der Waals surface area contributed by atoms with Gasteiger partial charge in [0.15, 0.2) is 0 Å². The number of amides is 1. The van der Waals surface area contributed by atoms with Crippen LogP contribution in [0.25, 0.3) is 0 Å². The van der Waals surface area contributed by atoms with E-state index in [9.17, 15) is 9.59 Å². The van der Waals surface area contributed by atoms with E-state index < -0.39 is 18.4 Å². The lowest BCUT2D eigenvalue weighted by Gasteiger charge is -2.27. The number of hydrogen-bond donors (Lipinski definition) is 3. The van der Waals surface area contributed by atoms with E-state index in [0.29, 0.717) is 37.9 Å². The predicted molar refractivity (Wildman–Crippen MR) is 119 cm³/mol. The van der Waals surface area contributed by atoms with Crippen LogP contribution in [0.3, 0.4) is 0 Å². The fourth-order valence-electron chi connectivity index (χ4n) is 2.85. The van der Waals surface area contributed by atoms with Crippen molar-refractivity contribution < 1.29 is 19.4 Å². The molecule has 1 aliphatic rings. The minimum absolute atomic E-state index is 0.293. The number of aliphatic carboxylic acids is 1. The van der Waals surface area contributed by atoms with Gasteiger partial charge in [0, 0.05) is 22.3 Å². The number of anilines is 1. The van der Waals surface area contributed by atoms with Crippen molar-refractivity contribution in [1.29, 1.82) is 0 Å². The molecule has 2 aromatic rings. The van der Waals surface area contributed by atoms with Crippen LogP contribution < -0.4 is 15.4 Å². The Hall–Kier alpha value is -1.77. The molecule has 0 aliphatic heterocycles. The van der Waals surface area contributed by atoms with Gasteiger partial charge < -0.3 is 20.5 Å². The number of nitrogens with one attached hydrogen (secondary N) is 2. The molecule has 6 nitrogen and oxygen atoms in total. The van der Waals surface area contributed by atoms with Crippen molar-refractivity contribution in [2.24, 2.45) is 0 Å². The number of carbonyl (C=O) groups is 2.